The molecular formula is C50H43GeIrN3O2-2. The molecule has 9 aromatic rings. The van der Waals surface area contributed by atoms with Gasteiger partial charge in [0.15, 0.2) is 0 Å². The number of aryl methyl sites for hydroxylation is 3. The summed E-state index contributed by atoms with van der Waals surface area (Å²) in [5.41, 5.74) is 13.1. The first kappa shape index (κ1) is 39.8. The molecule has 0 atom stereocenters. The fraction of sp³-hybridized carbons (Fsp3) is 0.140. The summed E-state index contributed by atoms with van der Waals surface area (Å²) in [5, 5.41) is 4.48. The number of benzene rings is 5. The van der Waals surface area contributed by atoms with Crippen LogP contribution in [-0.4, -0.2) is 35.3 Å². The van der Waals surface area contributed by atoms with E-state index in [0.29, 0.717) is 0 Å². The number of methoxy groups -OCH3 is 1. The number of fused-ring (bicyclic) bond motifs is 4. The smallest absolute Gasteiger partial charge is 0.128 e. The Morgan fingerprint density at radius 1 is 0.649 bits per heavy atom. The van der Waals surface area contributed by atoms with Crippen molar-refractivity contribution < 1.29 is 29.3 Å². The number of aromatic nitrogens is 3. The maximum Gasteiger partial charge on any atom is 0.128 e. The Hall–Kier alpha value is -5.40. The van der Waals surface area contributed by atoms with Gasteiger partial charge in [0.2, 0.25) is 0 Å². The summed E-state index contributed by atoms with van der Waals surface area (Å²) in [7, 11) is 1.67. The number of para-hydroxylation sites is 1. The molecule has 0 saturated carbocycles. The molecule has 9 rings (SSSR count). The Labute approximate surface area is 350 Å². The van der Waals surface area contributed by atoms with E-state index in [1.165, 1.54) is 9.96 Å². The van der Waals surface area contributed by atoms with Gasteiger partial charge in [-0.05, 0) is 65.2 Å². The van der Waals surface area contributed by atoms with Gasteiger partial charge in [0, 0.05) is 48.6 Å². The fourth-order valence-electron chi connectivity index (χ4n) is 7.23. The van der Waals surface area contributed by atoms with Crippen molar-refractivity contribution in [3.8, 4) is 50.5 Å². The van der Waals surface area contributed by atoms with E-state index >= 15 is 0 Å². The van der Waals surface area contributed by atoms with Crippen molar-refractivity contribution >= 4 is 50.4 Å². The summed E-state index contributed by atoms with van der Waals surface area (Å²) >= 11 is -1.76. The summed E-state index contributed by atoms with van der Waals surface area (Å²) in [4.78, 5) is 13.9. The van der Waals surface area contributed by atoms with Crippen LogP contribution in [0.5, 0.6) is 5.75 Å². The van der Waals surface area contributed by atoms with Crippen molar-refractivity contribution in [1.82, 2.24) is 15.0 Å². The van der Waals surface area contributed by atoms with Crippen molar-refractivity contribution in [2.45, 2.75) is 38.0 Å². The minimum absolute atomic E-state index is 0. The molecule has 0 saturated heterocycles. The van der Waals surface area contributed by atoms with Crippen molar-refractivity contribution in [3.05, 3.63) is 163 Å². The molecule has 4 heterocycles. The quantitative estimate of drug-likeness (QED) is 0.123. The fourth-order valence-corrected chi connectivity index (χ4v) is 9.40. The van der Waals surface area contributed by atoms with Gasteiger partial charge in [-0.25, -0.2) is 0 Å². The van der Waals surface area contributed by atoms with Gasteiger partial charge in [-0.1, -0.05) is 84.6 Å². The number of nitrogens with zero attached hydrogens (tertiary/aromatic N) is 3. The van der Waals surface area contributed by atoms with Crippen LogP contribution in [0, 0.1) is 32.9 Å². The predicted octanol–water partition coefficient (Wildman–Crippen LogP) is 12.4. The molecule has 57 heavy (non-hydrogen) atoms. The van der Waals surface area contributed by atoms with Gasteiger partial charge in [-0.3, -0.25) is 4.98 Å². The maximum atomic E-state index is 6.72. The molecule has 0 spiro atoms. The van der Waals surface area contributed by atoms with Gasteiger partial charge < -0.3 is 9.40 Å². The van der Waals surface area contributed by atoms with Gasteiger partial charge in [0.1, 0.15) is 5.58 Å². The molecule has 0 aliphatic carbocycles. The van der Waals surface area contributed by atoms with Crippen LogP contribution in [0.25, 0.3) is 77.5 Å². The van der Waals surface area contributed by atoms with Crippen molar-refractivity contribution in [3.63, 3.8) is 0 Å². The zero-order valence-electron chi connectivity index (χ0n) is 33.2. The van der Waals surface area contributed by atoms with Crippen molar-refractivity contribution in [2.24, 2.45) is 0 Å². The largest absolute Gasteiger partial charge is 0.500 e. The summed E-state index contributed by atoms with van der Waals surface area (Å²) in [5.74, 6) is 7.94. The van der Waals surface area contributed by atoms with E-state index in [9.17, 15) is 0 Å². The van der Waals surface area contributed by atoms with Gasteiger partial charge in [0.25, 0.3) is 0 Å². The molecule has 0 aliphatic heterocycles. The minimum atomic E-state index is -1.76. The summed E-state index contributed by atoms with van der Waals surface area (Å²) < 4.78 is 13.4. The molecular weight excluding hydrogens is 939 g/mol. The van der Waals surface area contributed by atoms with E-state index in [2.05, 4.69) is 137 Å². The first-order valence-electron chi connectivity index (χ1n) is 18.9. The van der Waals surface area contributed by atoms with E-state index in [4.69, 9.17) is 14.1 Å². The molecule has 0 bridgehead atoms. The monoisotopic (exact) mass is 984 g/mol. The van der Waals surface area contributed by atoms with E-state index in [0.717, 1.165) is 94.6 Å². The standard InChI is InChI=1S/C35H25N2O.C15H18GeNO.Ir/c1-21-14-15-30(32-19-25-8-4-5-9-27(25)20-36-32)35-33(21)31-13-7-12-29(34(31)38-35)26-11-6-10-24(18-26)28-16-22(2)37-23(3)17-28;1-16(2,3)13-8-9-15(17-11-13)12-6-5-7-14(10-12)18-4;/h4-14,16-20H,1-3H3;5,7-11H,1-4H3;/q2*-1;. The van der Waals surface area contributed by atoms with Crippen molar-refractivity contribution in [2.75, 3.05) is 7.11 Å². The molecule has 0 unspecified atom stereocenters. The number of hydrogen-bond acceptors (Lipinski definition) is 5. The first-order valence-corrected chi connectivity index (χ1v) is 26.2. The molecule has 0 aliphatic rings. The van der Waals surface area contributed by atoms with Crippen LogP contribution in [0.4, 0.5) is 0 Å². The Morgan fingerprint density at radius 2 is 1.39 bits per heavy atom. The second-order valence-corrected chi connectivity index (χ2v) is 25.9. The van der Waals surface area contributed by atoms with Crippen LogP contribution in [0.1, 0.15) is 17.0 Å². The van der Waals surface area contributed by atoms with Crippen LogP contribution in [-0.2, 0) is 20.1 Å². The third-order valence-electron chi connectivity index (χ3n) is 10.2. The van der Waals surface area contributed by atoms with E-state index in [-0.39, 0.29) is 20.1 Å². The zero-order valence-corrected chi connectivity index (χ0v) is 37.7. The minimum Gasteiger partial charge on any atom is -0.500 e. The van der Waals surface area contributed by atoms with Crippen LogP contribution < -0.4 is 9.13 Å². The molecule has 0 N–H and O–H groups in total. The molecule has 5 nitrogen and oxygen atoms in total. The topological polar surface area (TPSA) is 61.0 Å². The first-order chi connectivity index (χ1) is 27.1. The van der Waals surface area contributed by atoms with Crippen LogP contribution in [0.15, 0.2) is 138 Å². The van der Waals surface area contributed by atoms with Crippen LogP contribution in [0.3, 0.4) is 0 Å². The summed E-state index contributed by atoms with van der Waals surface area (Å²) in [6, 6.07) is 48.4. The Bertz CT molecular complexity index is 2860. The van der Waals surface area contributed by atoms with Crippen molar-refractivity contribution in [1.29, 1.82) is 0 Å². The molecule has 0 amide bonds. The summed E-state index contributed by atoms with van der Waals surface area (Å²) in [6.45, 7) is 6.19. The number of pyridine rings is 3. The number of furan rings is 1. The van der Waals surface area contributed by atoms with Gasteiger partial charge in [-0.2, -0.15) is 0 Å². The van der Waals surface area contributed by atoms with Crippen LogP contribution >= 0.6 is 0 Å². The molecule has 7 heteroatoms. The van der Waals surface area contributed by atoms with E-state index in [1.807, 2.05) is 56.6 Å². The maximum absolute atomic E-state index is 6.72. The van der Waals surface area contributed by atoms with Gasteiger partial charge in [-0.15, -0.1) is 17.7 Å². The SMILES string of the molecule is COc1cc[c-]c(-c2cc[c]([Ge]([CH3])([CH3])[CH3])cn2)c1.Cc1cc(-c2cccc(-c3cccc4c3oc3c(-c5cc6ccccc6cn5)[c-]cc(C)c34)c2)cc(C)n1.[Ir]. The Balaban J connectivity index is 0.000000221. The Kier molecular flexibility index (Phi) is 11.6. The Morgan fingerprint density at radius 3 is 2.12 bits per heavy atom. The third kappa shape index (κ3) is 8.36. The van der Waals surface area contributed by atoms with Gasteiger partial charge in [0.05, 0.1) is 5.58 Å². The predicted molar refractivity (Wildman–Crippen MR) is 234 cm³/mol. The summed E-state index contributed by atoms with van der Waals surface area (Å²) in [6.07, 6.45) is 3.94. The average molecular weight is 983 g/mol. The van der Waals surface area contributed by atoms with E-state index in [1.54, 1.807) is 7.11 Å². The third-order valence-corrected chi connectivity index (χ3v) is 14.4. The molecule has 4 aromatic heterocycles. The molecule has 1 radical (unpaired) electrons. The van der Waals surface area contributed by atoms with E-state index < -0.39 is 13.3 Å². The molecule has 5 aromatic carbocycles. The zero-order chi connectivity index (χ0) is 39.0. The van der Waals surface area contributed by atoms with Crippen LogP contribution in [0.2, 0.25) is 17.3 Å². The second-order valence-electron chi connectivity index (χ2n) is 15.3. The number of ether oxygens (including phenoxy) is 1. The normalized spacial score (nSPS) is 11.3. The number of hydrogen-bond donors (Lipinski definition) is 0. The molecule has 285 valence electrons. The second kappa shape index (κ2) is 16.6. The molecule has 0 fully saturated rings. The number of rotatable bonds is 6. The average Bonchev–Trinajstić information content (AvgIpc) is 3.61. The van der Waals surface area contributed by atoms with Gasteiger partial charge >= 0.3 is 111 Å².